The van der Waals surface area contributed by atoms with Crippen LogP contribution in [0.5, 0.6) is 0 Å². The number of benzene rings is 1. The third-order valence-electron chi connectivity index (χ3n) is 5.50. The maximum Gasteiger partial charge on any atom is 0.238 e. The molecule has 1 amide bonds. The topological polar surface area (TPSA) is 111 Å². The fourth-order valence-corrected chi connectivity index (χ4v) is 4.23. The van der Waals surface area contributed by atoms with E-state index in [0.29, 0.717) is 32.1 Å². The molecular formula is C19H29N3O5S. The molecule has 0 bridgehead atoms. The molecule has 9 heteroatoms. The largest absolute Gasteiger partial charge is 0.354 e. The van der Waals surface area contributed by atoms with E-state index in [0.717, 1.165) is 31.5 Å². The Kier molecular flexibility index (Phi) is 7.05. The Morgan fingerprint density at radius 1 is 1.21 bits per heavy atom. The van der Waals surface area contributed by atoms with E-state index in [1.165, 1.54) is 12.1 Å². The highest BCUT2D eigenvalue weighted by molar-refractivity contribution is 7.89. The average molecular weight is 412 g/mol. The molecule has 0 spiro atoms. The first-order chi connectivity index (χ1) is 13.3. The van der Waals surface area contributed by atoms with Crippen LogP contribution in [0.3, 0.4) is 0 Å². The Morgan fingerprint density at radius 2 is 1.82 bits per heavy atom. The molecule has 0 radical (unpaired) electrons. The highest BCUT2D eigenvalue weighted by atomic mass is 32.2. The van der Waals surface area contributed by atoms with Gasteiger partial charge in [0, 0.05) is 12.5 Å². The predicted octanol–water partition coefficient (Wildman–Crippen LogP) is 0.466. The van der Waals surface area contributed by atoms with Crippen LogP contribution in [0.4, 0.5) is 0 Å². The summed E-state index contributed by atoms with van der Waals surface area (Å²) >= 11 is 0. The highest BCUT2D eigenvalue weighted by Gasteiger charge is 2.32. The molecule has 1 unspecified atom stereocenters. The van der Waals surface area contributed by atoms with Crippen molar-refractivity contribution in [2.24, 2.45) is 11.1 Å². The van der Waals surface area contributed by atoms with E-state index in [-0.39, 0.29) is 23.1 Å². The molecule has 8 nitrogen and oxygen atoms in total. The molecule has 0 aliphatic carbocycles. The van der Waals surface area contributed by atoms with Crippen LogP contribution in [0.1, 0.15) is 25.3 Å². The van der Waals surface area contributed by atoms with Gasteiger partial charge >= 0.3 is 0 Å². The minimum absolute atomic E-state index is 0.00738. The molecule has 28 heavy (non-hydrogen) atoms. The number of nitrogens with two attached hydrogens (primary N) is 1. The van der Waals surface area contributed by atoms with E-state index in [9.17, 15) is 13.2 Å². The van der Waals surface area contributed by atoms with Crippen LogP contribution in [0, 0.1) is 5.92 Å². The smallest absolute Gasteiger partial charge is 0.238 e. The van der Waals surface area contributed by atoms with Gasteiger partial charge in [-0.1, -0.05) is 12.1 Å². The van der Waals surface area contributed by atoms with Crippen LogP contribution in [-0.4, -0.2) is 64.4 Å². The van der Waals surface area contributed by atoms with Crippen molar-refractivity contribution >= 4 is 15.9 Å². The monoisotopic (exact) mass is 411 g/mol. The zero-order chi connectivity index (χ0) is 20.1. The van der Waals surface area contributed by atoms with Crippen molar-refractivity contribution in [3.8, 4) is 0 Å². The summed E-state index contributed by atoms with van der Waals surface area (Å²) < 4.78 is 33.7. The lowest BCUT2D eigenvalue weighted by Crippen LogP contribution is -2.49. The molecule has 2 fully saturated rings. The van der Waals surface area contributed by atoms with Gasteiger partial charge < -0.3 is 14.8 Å². The van der Waals surface area contributed by atoms with Gasteiger partial charge in [-0.15, -0.1) is 0 Å². The number of rotatable bonds is 7. The molecule has 0 aromatic heterocycles. The fourth-order valence-electron chi connectivity index (χ4n) is 3.72. The summed E-state index contributed by atoms with van der Waals surface area (Å²) in [5, 5.41) is 8.06. The molecule has 0 saturated carbocycles. The Hall–Kier alpha value is -1.52. The van der Waals surface area contributed by atoms with E-state index in [1.54, 1.807) is 12.1 Å². The van der Waals surface area contributed by atoms with E-state index >= 15 is 0 Å². The number of ether oxygens (including phenoxy) is 2. The molecule has 1 aromatic rings. The molecule has 1 aromatic carbocycles. The van der Waals surface area contributed by atoms with Gasteiger partial charge in [-0.05, 0) is 57.0 Å². The average Bonchev–Trinajstić information content (AvgIpc) is 3.22. The van der Waals surface area contributed by atoms with E-state index in [4.69, 9.17) is 14.6 Å². The van der Waals surface area contributed by atoms with Gasteiger partial charge in [-0.25, -0.2) is 13.6 Å². The van der Waals surface area contributed by atoms with Gasteiger partial charge in [0.15, 0.2) is 6.29 Å². The van der Waals surface area contributed by atoms with Gasteiger partial charge in [0.1, 0.15) is 0 Å². The lowest BCUT2D eigenvalue weighted by Gasteiger charge is -2.36. The number of primary sulfonamides is 1. The van der Waals surface area contributed by atoms with Crippen molar-refractivity contribution in [2.75, 3.05) is 32.8 Å². The Balaban J connectivity index is 1.40. The van der Waals surface area contributed by atoms with Crippen molar-refractivity contribution in [2.45, 2.75) is 43.4 Å². The zero-order valence-corrected chi connectivity index (χ0v) is 17.0. The summed E-state index contributed by atoms with van der Waals surface area (Å²) in [7, 11) is -3.68. The Labute approximate surface area is 166 Å². The molecule has 2 aliphatic rings. The summed E-state index contributed by atoms with van der Waals surface area (Å²) in [5.74, 6) is 0.419. The lowest BCUT2D eigenvalue weighted by molar-refractivity contribution is -0.128. The first kappa shape index (κ1) is 21.2. The summed E-state index contributed by atoms with van der Waals surface area (Å²) in [6.07, 6.45) is 2.49. The standard InChI is InChI=1S/C19H29N3O5S/c1-14(22-10-7-16(8-11-22)19-26-12-13-27-19)18(23)21-9-6-15-2-4-17(5-3-15)28(20,24)25/h2-5,14,16,19H,6-13H2,1H3,(H,21,23)(H2,20,24,25). The number of hydrogen-bond donors (Lipinski definition) is 2. The molecule has 2 heterocycles. The molecule has 1 atom stereocenters. The lowest BCUT2D eigenvalue weighted by atomic mass is 9.95. The predicted molar refractivity (Wildman–Crippen MR) is 104 cm³/mol. The van der Waals surface area contributed by atoms with Crippen LogP contribution >= 0.6 is 0 Å². The Morgan fingerprint density at radius 3 is 2.39 bits per heavy atom. The van der Waals surface area contributed by atoms with E-state index in [1.807, 2.05) is 6.92 Å². The number of piperidine rings is 1. The van der Waals surface area contributed by atoms with Crippen molar-refractivity contribution in [1.29, 1.82) is 0 Å². The van der Waals surface area contributed by atoms with Crippen molar-refractivity contribution in [3.05, 3.63) is 29.8 Å². The first-order valence-corrected chi connectivity index (χ1v) is 11.3. The minimum atomic E-state index is -3.68. The number of nitrogens with one attached hydrogen (secondary N) is 1. The second kappa shape index (κ2) is 9.32. The van der Waals surface area contributed by atoms with Crippen LogP contribution in [0.2, 0.25) is 0 Å². The van der Waals surface area contributed by atoms with Gasteiger partial charge in [0.05, 0.1) is 24.2 Å². The first-order valence-electron chi connectivity index (χ1n) is 9.71. The maximum absolute atomic E-state index is 12.5. The molecular weight excluding hydrogens is 382 g/mol. The van der Waals surface area contributed by atoms with E-state index < -0.39 is 10.0 Å². The summed E-state index contributed by atoms with van der Waals surface area (Å²) in [5.41, 5.74) is 0.942. The SMILES string of the molecule is CC(C(=O)NCCc1ccc(S(N)(=O)=O)cc1)N1CCC(C2OCCO2)CC1. The number of amides is 1. The quantitative estimate of drug-likeness (QED) is 0.675. The zero-order valence-electron chi connectivity index (χ0n) is 16.2. The third kappa shape index (κ3) is 5.51. The minimum Gasteiger partial charge on any atom is -0.354 e. The normalized spacial score (nSPS) is 20.9. The second-order valence-electron chi connectivity index (χ2n) is 7.39. The second-order valence-corrected chi connectivity index (χ2v) is 8.95. The van der Waals surface area contributed by atoms with E-state index in [2.05, 4.69) is 10.2 Å². The summed E-state index contributed by atoms with van der Waals surface area (Å²) in [6.45, 7) is 5.50. The van der Waals surface area contributed by atoms with Crippen LogP contribution < -0.4 is 10.5 Å². The highest BCUT2D eigenvalue weighted by Crippen LogP contribution is 2.26. The number of hydrogen-bond acceptors (Lipinski definition) is 6. The van der Waals surface area contributed by atoms with Crippen LogP contribution in [0.25, 0.3) is 0 Å². The maximum atomic E-state index is 12.5. The molecule has 2 saturated heterocycles. The molecule has 156 valence electrons. The third-order valence-corrected chi connectivity index (χ3v) is 6.43. The van der Waals surface area contributed by atoms with Gasteiger partial charge in [0.25, 0.3) is 0 Å². The number of likely N-dealkylation sites (tertiary alicyclic amines) is 1. The summed E-state index contributed by atoms with van der Waals surface area (Å²) in [6, 6.07) is 6.21. The number of nitrogens with zero attached hydrogens (tertiary/aromatic N) is 1. The number of sulfonamides is 1. The van der Waals surface area contributed by atoms with Gasteiger partial charge in [0.2, 0.25) is 15.9 Å². The van der Waals surface area contributed by atoms with Crippen molar-refractivity contribution in [3.63, 3.8) is 0 Å². The fraction of sp³-hybridized carbons (Fsp3) is 0.632. The summed E-state index contributed by atoms with van der Waals surface area (Å²) in [4.78, 5) is 14.7. The van der Waals surface area contributed by atoms with Gasteiger partial charge in [-0.3, -0.25) is 9.69 Å². The number of carbonyl (C=O) groups is 1. The van der Waals surface area contributed by atoms with Crippen molar-refractivity contribution in [1.82, 2.24) is 10.2 Å². The molecule has 3 rings (SSSR count). The van der Waals surface area contributed by atoms with Crippen molar-refractivity contribution < 1.29 is 22.7 Å². The molecule has 3 N–H and O–H groups in total. The van der Waals surface area contributed by atoms with Gasteiger partial charge in [-0.2, -0.15) is 0 Å². The van der Waals surface area contributed by atoms with Crippen LogP contribution in [0.15, 0.2) is 29.2 Å². The number of carbonyl (C=O) groups excluding carboxylic acids is 1. The molecule has 2 aliphatic heterocycles. The Bertz CT molecular complexity index is 754. The van der Waals surface area contributed by atoms with Crippen LogP contribution in [-0.2, 0) is 30.7 Å².